The van der Waals surface area contributed by atoms with Gasteiger partial charge in [-0.1, -0.05) is 13.3 Å². The fourth-order valence-electron chi connectivity index (χ4n) is 1.67. The van der Waals surface area contributed by atoms with E-state index in [0.29, 0.717) is 36.8 Å². The number of hydrogen-bond acceptors (Lipinski definition) is 4. The number of nitrogens with two attached hydrogens (primary N) is 1. The second-order valence-electron chi connectivity index (χ2n) is 4.56. The summed E-state index contributed by atoms with van der Waals surface area (Å²) >= 11 is 0. The monoisotopic (exact) mass is 280 g/mol. The third-order valence-corrected chi connectivity index (χ3v) is 2.84. The zero-order valence-corrected chi connectivity index (χ0v) is 12.3. The van der Waals surface area contributed by atoms with Gasteiger partial charge in [0.1, 0.15) is 5.75 Å². The molecule has 0 unspecified atom stereocenters. The van der Waals surface area contributed by atoms with Gasteiger partial charge in [0, 0.05) is 25.8 Å². The summed E-state index contributed by atoms with van der Waals surface area (Å²) in [7, 11) is 1.64. The number of amides is 1. The summed E-state index contributed by atoms with van der Waals surface area (Å²) in [6.07, 6.45) is 2.85. The Kier molecular flexibility index (Phi) is 7.50. The highest BCUT2D eigenvalue weighted by Crippen LogP contribution is 2.22. The van der Waals surface area contributed by atoms with Crippen LogP contribution in [-0.2, 0) is 4.74 Å². The standard InChI is InChI=1S/C15H24N2O3/c1-3-4-10-20-14-7-6-12(11-13(14)16)15(18)17-8-5-9-19-2/h6-7,11H,3-5,8-10,16H2,1-2H3,(H,17,18). The number of nitrogen functional groups attached to an aromatic ring is 1. The van der Waals surface area contributed by atoms with E-state index in [0.717, 1.165) is 19.3 Å². The van der Waals surface area contributed by atoms with Gasteiger partial charge in [-0.3, -0.25) is 4.79 Å². The first-order valence-corrected chi connectivity index (χ1v) is 6.98. The van der Waals surface area contributed by atoms with Crippen LogP contribution in [-0.4, -0.2) is 32.8 Å². The summed E-state index contributed by atoms with van der Waals surface area (Å²) in [6.45, 7) is 3.96. The van der Waals surface area contributed by atoms with Crippen LogP contribution in [0.25, 0.3) is 0 Å². The summed E-state index contributed by atoms with van der Waals surface area (Å²) in [5, 5.41) is 2.82. The second kappa shape index (κ2) is 9.20. The van der Waals surface area contributed by atoms with E-state index < -0.39 is 0 Å². The highest BCUT2D eigenvalue weighted by atomic mass is 16.5. The first-order chi connectivity index (χ1) is 9.69. The molecule has 1 rings (SSSR count). The molecule has 0 aliphatic rings. The second-order valence-corrected chi connectivity index (χ2v) is 4.56. The zero-order chi connectivity index (χ0) is 14.8. The van der Waals surface area contributed by atoms with Gasteiger partial charge in [0.25, 0.3) is 5.91 Å². The van der Waals surface area contributed by atoms with E-state index in [2.05, 4.69) is 12.2 Å². The molecule has 3 N–H and O–H groups in total. The predicted octanol–water partition coefficient (Wildman–Crippen LogP) is 2.21. The third-order valence-electron chi connectivity index (χ3n) is 2.84. The Balaban J connectivity index is 2.50. The van der Waals surface area contributed by atoms with Gasteiger partial charge in [0.15, 0.2) is 0 Å². The van der Waals surface area contributed by atoms with Gasteiger partial charge in [0.2, 0.25) is 0 Å². The van der Waals surface area contributed by atoms with Crippen LogP contribution in [0.3, 0.4) is 0 Å². The first-order valence-electron chi connectivity index (χ1n) is 6.98. The van der Waals surface area contributed by atoms with Crippen molar-refractivity contribution >= 4 is 11.6 Å². The number of anilines is 1. The molecule has 1 aromatic rings. The van der Waals surface area contributed by atoms with Crippen LogP contribution < -0.4 is 15.8 Å². The number of unbranched alkanes of at least 4 members (excludes halogenated alkanes) is 1. The van der Waals surface area contributed by atoms with E-state index in [1.54, 1.807) is 25.3 Å². The van der Waals surface area contributed by atoms with Gasteiger partial charge in [-0.2, -0.15) is 0 Å². The fourth-order valence-corrected chi connectivity index (χ4v) is 1.67. The molecule has 0 radical (unpaired) electrons. The maximum Gasteiger partial charge on any atom is 0.251 e. The molecular weight excluding hydrogens is 256 g/mol. The van der Waals surface area contributed by atoms with Crippen molar-refractivity contribution < 1.29 is 14.3 Å². The molecule has 0 aliphatic carbocycles. The molecule has 112 valence electrons. The predicted molar refractivity (Wildman–Crippen MR) is 80.1 cm³/mol. The number of carbonyl (C=O) groups excluding carboxylic acids is 1. The van der Waals surface area contributed by atoms with Crippen molar-refractivity contribution in [3.8, 4) is 5.75 Å². The Morgan fingerprint density at radius 3 is 2.75 bits per heavy atom. The Bertz CT molecular complexity index is 422. The zero-order valence-electron chi connectivity index (χ0n) is 12.3. The van der Waals surface area contributed by atoms with Crippen LogP contribution in [0.15, 0.2) is 18.2 Å². The maximum atomic E-state index is 11.9. The summed E-state index contributed by atoms with van der Waals surface area (Å²) in [5.74, 6) is 0.502. The molecule has 1 aromatic carbocycles. The van der Waals surface area contributed by atoms with Gasteiger partial charge in [-0.25, -0.2) is 0 Å². The number of ether oxygens (including phenoxy) is 2. The van der Waals surface area contributed by atoms with Crippen LogP contribution in [0.5, 0.6) is 5.75 Å². The number of nitrogens with one attached hydrogen (secondary N) is 1. The average molecular weight is 280 g/mol. The molecule has 0 spiro atoms. The van der Waals surface area contributed by atoms with E-state index in [9.17, 15) is 4.79 Å². The van der Waals surface area contributed by atoms with Gasteiger partial charge in [-0.15, -0.1) is 0 Å². The molecule has 20 heavy (non-hydrogen) atoms. The minimum Gasteiger partial charge on any atom is -0.491 e. The van der Waals surface area contributed by atoms with Crippen molar-refractivity contribution in [1.82, 2.24) is 5.32 Å². The molecule has 0 saturated carbocycles. The highest BCUT2D eigenvalue weighted by Gasteiger charge is 2.08. The van der Waals surface area contributed by atoms with Crippen LogP contribution >= 0.6 is 0 Å². The summed E-state index contributed by atoms with van der Waals surface area (Å²) in [5.41, 5.74) is 6.93. The lowest BCUT2D eigenvalue weighted by atomic mass is 10.1. The van der Waals surface area contributed by atoms with Gasteiger partial charge in [-0.05, 0) is 31.0 Å². The molecule has 0 atom stereocenters. The van der Waals surface area contributed by atoms with Crippen molar-refractivity contribution in [1.29, 1.82) is 0 Å². The molecule has 5 heteroatoms. The van der Waals surface area contributed by atoms with Gasteiger partial charge >= 0.3 is 0 Å². The molecule has 0 bridgehead atoms. The smallest absolute Gasteiger partial charge is 0.251 e. The third kappa shape index (κ3) is 5.48. The number of benzene rings is 1. The molecule has 1 amide bonds. The topological polar surface area (TPSA) is 73.6 Å². The van der Waals surface area contributed by atoms with E-state index in [4.69, 9.17) is 15.2 Å². The van der Waals surface area contributed by atoms with Crippen LogP contribution in [0.4, 0.5) is 5.69 Å². The van der Waals surface area contributed by atoms with Gasteiger partial charge in [0.05, 0.1) is 12.3 Å². The van der Waals surface area contributed by atoms with E-state index in [-0.39, 0.29) is 5.91 Å². The van der Waals surface area contributed by atoms with E-state index in [1.807, 2.05) is 0 Å². The van der Waals surface area contributed by atoms with Crippen LogP contribution in [0.1, 0.15) is 36.5 Å². The first kappa shape index (κ1) is 16.3. The normalized spacial score (nSPS) is 10.3. The Labute approximate surface area is 120 Å². The van der Waals surface area contributed by atoms with Crippen molar-refractivity contribution in [2.24, 2.45) is 0 Å². The minimum absolute atomic E-state index is 0.132. The number of methoxy groups -OCH3 is 1. The number of rotatable bonds is 9. The summed E-state index contributed by atoms with van der Waals surface area (Å²) in [4.78, 5) is 11.9. The SMILES string of the molecule is CCCCOc1ccc(C(=O)NCCCOC)cc1N. The lowest BCUT2D eigenvalue weighted by Crippen LogP contribution is -2.25. The van der Waals surface area contributed by atoms with Crippen LogP contribution in [0.2, 0.25) is 0 Å². The van der Waals surface area contributed by atoms with E-state index >= 15 is 0 Å². The lowest BCUT2D eigenvalue weighted by molar-refractivity contribution is 0.0948. The molecule has 0 saturated heterocycles. The van der Waals surface area contributed by atoms with Gasteiger partial charge < -0.3 is 20.5 Å². The maximum absolute atomic E-state index is 11.9. The molecule has 0 aliphatic heterocycles. The summed E-state index contributed by atoms with van der Waals surface area (Å²) in [6, 6.07) is 5.12. The fraction of sp³-hybridized carbons (Fsp3) is 0.533. The highest BCUT2D eigenvalue weighted by molar-refractivity contribution is 5.95. The largest absolute Gasteiger partial charge is 0.491 e. The van der Waals surface area contributed by atoms with E-state index in [1.165, 1.54) is 0 Å². The summed E-state index contributed by atoms with van der Waals surface area (Å²) < 4.78 is 10.5. The van der Waals surface area contributed by atoms with Crippen molar-refractivity contribution in [3.05, 3.63) is 23.8 Å². The number of carbonyl (C=O) groups is 1. The number of hydrogen-bond donors (Lipinski definition) is 2. The lowest BCUT2D eigenvalue weighted by Gasteiger charge is -2.10. The minimum atomic E-state index is -0.132. The van der Waals surface area contributed by atoms with Crippen molar-refractivity contribution in [2.75, 3.05) is 32.6 Å². The Morgan fingerprint density at radius 2 is 2.10 bits per heavy atom. The molecule has 0 heterocycles. The molecule has 0 fully saturated rings. The van der Waals surface area contributed by atoms with Crippen LogP contribution in [0, 0.1) is 0 Å². The Morgan fingerprint density at radius 1 is 1.30 bits per heavy atom. The molecular formula is C15H24N2O3. The molecule has 0 aromatic heterocycles. The Hall–Kier alpha value is -1.75. The van der Waals surface area contributed by atoms with Crippen molar-refractivity contribution in [3.63, 3.8) is 0 Å². The quantitative estimate of drug-likeness (QED) is 0.537. The molecule has 5 nitrogen and oxygen atoms in total. The average Bonchev–Trinajstić information content (AvgIpc) is 2.45. The van der Waals surface area contributed by atoms with Crippen molar-refractivity contribution in [2.45, 2.75) is 26.2 Å².